The number of rotatable bonds is 8. The highest BCUT2D eigenvalue weighted by molar-refractivity contribution is 5.78. The van der Waals surface area contributed by atoms with E-state index < -0.39 is 0 Å². The fourth-order valence-corrected chi connectivity index (χ4v) is 2.36. The molecule has 1 fully saturated rings. The number of carbonyl (C=O) groups is 1. The van der Waals surface area contributed by atoms with Crippen molar-refractivity contribution in [2.75, 3.05) is 46.4 Å². The number of carbonyl (C=O) groups excluding carboxylic acids is 1. The molecule has 5 nitrogen and oxygen atoms in total. The minimum Gasteiger partial charge on any atom is -0.383 e. The highest BCUT2D eigenvalue weighted by Crippen LogP contribution is 2.10. The molecule has 0 radical (unpaired) electrons. The van der Waals surface area contributed by atoms with Crippen LogP contribution in [0.5, 0.6) is 0 Å². The van der Waals surface area contributed by atoms with E-state index in [9.17, 15) is 4.79 Å². The molecule has 0 aromatic carbocycles. The van der Waals surface area contributed by atoms with Crippen LogP contribution in [0, 0.1) is 0 Å². The van der Waals surface area contributed by atoms with E-state index in [-0.39, 0.29) is 5.91 Å². The number of piperidine rings is 1. The first-order valence-corrected chi connectivity index (χ1v) is 6.98. The third-order valence-electron chi connectivity index (χ3n) is 3.27. The molecule has 1 amide bonds. The van der Waals surface area contributed by atoms with E-state index in [4.69, 9.17) is 4.74 Å². The van der Waals surface area contributed by atoms with Crippen molar-refractivity contribution in [3.05, 3.63) is 0 Å². The minimum absolute atomic E-state index is 0.103. The van der Waals surface area contributed by atoms with E-state index in [1.165, 1.54) is 12.8 Å². The zero-order chi connectivity index (χ0) is 13.2. The molecule has 0 aliphatic carbocycles. The Morgan fingerprint density at radius 1 is 1.56 bits per heavy atom. The first-order valence-electron chi connectivity index (χ1n) is 6.98. The van der Waals surface area contributed by atoms with Crippen molar-refractivity contribution in [2.45, 2.75) is 32.2 Å². The summed E-state index contributed by atoms with van der Waals surface area (Å²) in [4.78, 5) is 14.1. The van der Waals surface area contributed by atoms with Crippen molar-refractivity contribution in [1.82, 2.24) is 15.5 Å². The lowest BCUT2D eigenvalue weighted by Crippen LogP contribution is -2.50. The largest absolute Gasteiger partial charge is 0.383 e. The minimum atomic E-state index is 0.103. The first-order chi connectivity index (χ1) is 8.77. The van der Waals surface area contributed by atoms with Gasteiger partial charge in [0.1, 0.15) is 0 Å². The summed E-state index contributed by atoms with van der Waals surface area (Å²) < 4.78 is 4.92. The second-order valence-corrected chi connectivity index (χ2v) is 4.81. The van der Waals surface area contributed by atoms with Gasteiger partial charge < -0.3 is 15.4 Å². The average Bonchev–Trinajstić information content (AvgIpc) is 2.39. The van der Waals surface area contributed by atoms with Gasteiger partial charge in [0.05, 0.1) is 13.2 Å². The molecule has 0 aromatic rings. The summed E-state index contributed by atoms with van der Waals surface area (Å²) >= 11 is 0. The fourth-order valence-electron chi connectivity index (χ4n) is 2.36. The zero-order valence-electron chi connectivity index (χ0n) is 11.7. The SMILES string of the molecule is CCCN(CC(=O)NCCOC)C1CCCNC1. The molecule has 2 N–H and O–H groups in total. The molecule has 1 saturated heterocycles. The predicted molar refractivity (Wildman–Crippen MR) is 72.6 cm³/mol. The summed E-state index contributed by atoms with van der Waals surface area (Å²) in [6, 6.07) is 0.506. The van der Waals surface area contributed by atoms with Crippen molar-refractivity contribution < 1.29 is 9.53 Å². The Morgan fingerprint density at radius 3 is 3.00 bits per heavy atom. The van der Waals surface area contributed by atoms with Gasteiger partial charge in [-0.2, -0.15) is 0 Å². The van der Waals surface area contributed by atoms with Crippen LogP contribution in [0.15, 0.2) is 0 Å². The van der Waals surface area contributed by atoms with Gasteiger partial charge in [0.15, 0.2) is 0 Å². The lowest BCUT2D eigenvalue weighted by Gasteiger charge is -2.34. The molecule has 106 valence electrons. The fraction of sp³-hybridized carbons (Fsp3) is 0.923. The molecule has 18 heavy (non-hydrogen) atoms. The molecule has 1 atom stereocenters. The van der Waals surface area contributed by atoms with Gasteiger partial charge in [-0.1, -0.05) is 6.92 Å². The van der Waals surface area contributed by atoms with Crippen LogP contribution in [-0.2, 0) is 9.53 Å². The van der Waals surface area contributed by atoms with E-state index in [1.54, 1.807) is 7.11 Å². The second kappa shape index (κ2) is 9.30. The van der Waals surface area contributed by atoms with Gasteiger partial charge in [0, 0.05) is 26.2 Å². The summed E-state index contributed by atoms with van der Waals surface area (Å²) in [7, 11) is 1.64. The van der Waals surface area contributed by atoms with Crippen molar-refractivity contribution in [3.63, 3.8) is 0 Å². The second-order valence-electron chi connectivity index (χ2n) is 4.81. The average molecular weight is 257 g/mol. The number of ether oxygens (including phenoxy) is 1. The number of amides is 1. The Morgan fingerprint density at radius 2 is 2.39 bits per heavy atom. The molecule has 0 saturated carbocycles. The van der Waals surface area contributed by atoms with Gasteiger partial charge in [-0.25, -0.2) is 0 Å². The Kier molecular flexibility index (Phi) is 7.96. The van der Waals surface area contributed by atoms with E-state index in [2.05, 4.69) is 22.5 Å². The van der Waals surface area contributed by atoms with Crippen LogP contribution >= 0.6 is 0 Å². The van der Waals surface area contributed by atoms with Crippen LogP contribution in [0.25, 0.3) is 0 Å². The number of hydrogen-bond acceptors (Lipinski definition) is 4. The molecule has 0 bridgehead atoms. The summed E-state index contributed by atoms with van der Waals surface area (Å²) in [5, 5.41) is 6.29. The Labute approximate surface area is 110 Å². The highest BCUT2D eigenvalue weighted by atomic mass is 16.5. The normalized spacial score (nSPS) is 20.1. The molecule has 0 aromatic heterocycles. The monoisotopic (exact) mass is 257 g/mol. The van der Waals surface area contributed by atoms with Gasteiger partial charge in [-0.05, 0) is 32.4 Å². The standard InChI is InChI=1S/C13H27N3O2/c1-3-8-16(12-5-4-6-14-10-12)11-13(17)15-7-9-18-2/h12,14H,3-11H2,1-2H3,(H,15,17). The summed E-state index contributed by atoms with van der Waals surface area (Å²) in [5.41, 5.74) is 0. The zero-order valence-corrected chi connectivity index (χ0v) is 11.7. The predicted octanol–water partition coefficient (Wildman–Crippen LogP) is 0.213. The maximum absolute atomic E-state index is 11.8. The van der Waals surface area contributed by atoms with Gasteiger partial charge in [-0.15, -0.1) is 0 Å². The summed E-state index contributed by atoms with van der Waals surface area (Å²) in [5.74, 6) is 0.103. The molecular formula is C13H27N3O2. The van der Waals surface area contributed by atoms with E-state index in [0.29, 0.717) is 25.7 Å². The van der Waals surface area contributed by atoms with Crippen LogP contribution in [-0.4, -0.2) is 63.3 Å². The molecule has 1 unspecified atom stereocenters. The molecule has 5 heteroatoms. The molecule has 1 rings (SSSR count). The molecule has 1 heterocycles. The molecule has 1 aliphatic rings. The van der Waals surface area contributed by atoms with Gasteiger partial charge in [-0.3, -0.25) is 9.69 Å². The first kappa shape index (κ1) is 15.4. The molecule has 1 aliphatic heterocycles. The summed E-state index contributed by atoms with van der Waals surface area (Å²) in [6.07, 6.45) is 3.48. The van der Waals surface area contributed by atoms with Crippen LogP contribution in [0.4, 0.5) is 0 Å². The number of nitrogens with one attached hydrogen (secondary N) is 2. The number of nitrogens with zero attached hydrogens (tertiary/aromatic N) is 1. The van der Waals surface area contributed by atoms with Crippen LogP contribution in [0.3, 0.4) is 0 Å². The lowest BCUT2D eigenvalue weighted by molar-refractivity contribution is -0.123. The Bertz CT molecular complexity index is 230. The van der Waals surface area contributed by atoms with Crippen LogP contribution in [0.2, 0.25) is 0 Å². The Balaban J connectivity index is 2.33. The van der Waals surface area contributed by atoms with Crippen molar-refractivity contribution in [2.24, 2.45) is 0 Å². The van der Waals surface area contributed by atoms with Crippen LogP contribution in [0.1, 0.15) is 26.2 Å². The van der Waals surface area contributed by atoms with E-state index in [0.717, 1.165) is 26.1 Å². The van der Waals surface area contributed by atoms with Crippen molar-refractivity contribution in [1.29, 1.82) is 0 Å². The third-order valence-corrected chi connectivity index (χ3v) is 3.27. The van der Waals surface area contributed by atoms with Crippen LogP contribution < -0.4 is 10.6 Å². The highest BCUT2D eigenvalue weighted by Gasteiger charge is 2.21. The molecular weight excluding hydrogens is 230 g/mol. The number of hydrogen-bond donors (Lipinski definition) is 2. The maximum Gasteiger partial charge on any atom is 0.234 e. The lowest BCUT2D eigenvalue weighted by atomic mass is 10.1. The topological polar surface area (TPSA) is 53.6 Å². The van der Waals surface area contributed by atoms with E-state index >= 15 is 0 Å². The third kappa shape index (κ3) is 5.80. The smallest absolute Gasteiger partial charge is 0.234 e. The Hall–Kier alpha value is -0.650. The van der Waals surface area contributed by atoms with Gasteiger partial charge in [0.25, 0.3) is 0 Å². The van der Waals surface area contributed by atoms with Crippen molar-refractivity contribution in [3.8, 4) is 0 Å². The quantitative estimate of drug-likeness (QED) is 0.611. The summed E-state index contributed by atoms with van der Waals surface area (Å²) in [6.45, 7) is 6.94. The van der Waals surface area contributed by atoms with Gasteiger partial charge >= 0.3 is 0 Å². The van der Waals surface area contributed by atoms with Crippen molar-refractivity contribution >= 4 is 5.91 Å². The number of methoxy groups -OCH3 is 1. The maximum atomic E-state index is 11.8. The molecule has 0 spiro atoms. The van der Waals surface area contributed by atoms with Gasteiger partial charge in [0.2, 0.25) is 5.91 Å². The van der Waals surface area contributed by atoms with E-state index in [1.807, 2.05) is 0 Å².